The summed E-state index contributed by atoms with van der Waals surface area (Å²) in [6.07, 6.45) is 29.2. The molecule has 2 aliphatic rings. The van der Waals surface area contributed by atoms with Crippen LogP contribution < -0.4 is 0 Å². The van der Waals surface area contributed by atoms with Gasteiger partial charge in [-0.2, -0.15) is 5.26 Å². The highest BCUT2D eigenvalue weighted by atomic mass is 14.3. The first kappa shape index (κ1) is 20.4. The van der Waals surface area contributed by atoms with E-state index in [1.54, 1.807) is 0 Å². The quantitative estimate of drug-likeness (QED) is 0.537. The second-order valence-corrected chi connectivity index (χ2v) is 8.27. The zero-order chi connectivity index (χ0) is 20.7. The Labute approximate surface area is 174 Å². The van der Waals surface area contributed by atoms with Crippen LogP contribution in [0.5, 0.6) is 0 Å². The Bertz CT molecular complexity index is 1020. The third-order valence-corrected chi connectivity index (χ3v) is 4.99. The number of hydrogen-bond acceptors (Lipinski definition) is 1. The van der Waals surface area contributed by atoms with Gasteiger partial charge in [-0.1, -0.05) is 123 Å². The van der Waals surface area contributed by atoms with Crippen LogP contribution in [0.3, 0.4) is 0 Å². The molecule has 0 saturated carbocycles. The Kier molecular flexibility index (Phi) is 6.15. The Morgan fingerprint density at radius 3 is 1.76 bits per heavy atom. The maximum Gasteiger partial charge on any atom is 0.0911 e. The van der Waals surface area contributed by atoms with Gasteiger partial charge in [0.2, 0.25) is 0 Å². The second kappa shape index (κ2) is 8.76. The summed E-state index contributed by atoms with van der Waals surface area (Å²) in [4.78, 5) is 0. The first-order valence-electron chi connectivity index (χ1n) is 9.93. The van der Waals surface area contributed by atoms with E-state index >= 15 is 0 Å². The van der Waals surface area contributed by atoms with Gasteiger partial charge in [-0.15, -0.1) is 0 Å². The number of rotatable bonds is 4. The van der Waals surface area contributed by atoms with Gasteiger partial charge >= 0.3 is 0 Å². The van der Waals surface area contributed by atoms with Crippen molar-refractivity contribution in [3.8, 4) is 6.07 Å². The van der Waals surface area contributed by atoms with Crippen molar-refractivity contribution in [1.29, 1.82) is 5.26 Å². The summed E-state index contributed by atoms with van der Waals surface area (Å²) in [7, 11) is 0. The van der Waals surface area contributed by atoms with Gasteiger partial charge in [-0.05, 0) is 29.2 Å². The lowest BCUT2D eigenvalue weighted by atomic mass is 9.92. The Morgan fingerprint density at radius 2 is 1.21 bits per heavy atom. The summed E-state index contributed by atoms with van der Waals surface area (Å²) in [5.74, 6) is 0. The van der Waals surface area contributed by atoms with Gasteiger partial charge in [0.15, 0.2) is 0 Å². The lowest BCUT2D eigenvalue weighted by Gasteiger charge is -2.12. The van der Waals surface area contributed by atoms with Gasteiger partial charge in [-0.3, -0.25) is 0 Å². The van der Waals surface area contributed by atoms with Crippen LogP contribution in [-0.4, -0.2) is 0 Å². The van der Waals surface area contributed by atoms with Crippen molar-refractivity contribution in [3.63, 3.8) is 0 Å². The maximum absolute atomic E-state index is 9.25. The van der Waals surface area contributed by atoms with Crippen molar-refractivity contribution in [3.05, 3.63) is 119 Å². The minimum Gasteiger partial charge on any atom is -0.197 e. The van der Waals surface area contributed by atoms with Crippen molar-refractivity contribution >= 4 is 12.2 Å². The van der Waals surface area contributed by atoms with Gasteiger partial charge in [0.1, 0.15) is 0 Å². The van der Waals surface area contributed by atoms with Gasteiger partial charge < -0.3 is 0 Å². The van der Waals surface area contributed by atoms with Crippen LogP contribution in [-0.2, 0) is 0 Å². The van der Waals surface area contributed by atoms with E-state index in [1.165, 1.54) is 11.1 Å². The Morgan fingerprint density at radius 1 is 0.690 bits per heavy atom. The van der Waals surface area contributed by atoms with Crippen molar-refractivity contribution in [2.75, 3.05) is 0 Å². The van der Waals surface area contributed by atoms with E-state index in [-0.39, 0.29) is 5.41 Å². The molecule has 2 aliphatic carbocycles. The SMILES string of the molecule is CC1(C)C=CC=C(/C=C/c2ccc(/C=C/C3=CC=CC(C)(C#N)C=C3)cc2)C=C1. The molecule has 1 aromatic carbocycles. The van der Waals surface area contributed by atoms with Crippen molar-refractivity contribution in [2.24, 2.45) is 10.8 Å². The molecule has 1 unspecified atom stereocenters. The molecular formula is C28H27N. The number of benzene rings is 1. The number of allylic oxidation sites excluding steroid dienone is 14. The first-order valence-corrected chi connectivity index (χ1v) is 9.93. The molecule has 1 atom stereocenters. The molecule has 29 heavy (non-hydrogen) atoms. The van der Waals surface area contributed by atoms with E-state index in [1.807, 2.05) is 37.3 Å². The van der Waals surface area contributed by atoms with E-state index in [0.29, 0.717) is 0 Å². The monoisotopic (exact) mass is 377 g/mol. The lowest BCUT2D eigenvalue weighted by Crippen LogP contribution is -2.04. The molecule has 0 aliphatic heterocycles. The van der Waals surface area contributed by atoms with E-state index in [0.717, 1.165) is 11.1 Å². The lowest BCUT2D eigenvalue weighted by molar-refractivity contribution is 0.627. The topological polar surface area (TPSA) is 23.8 Å². The van der Waals surface area contributed by atoms with Crippen LogP contribution in [0, 0.1) is 22.2 Å². The molecule has 3 rings (SSSR count). The van der Waals surface area contributed by atoms with Crippen LogP contribution in [0.2, 0.25) is 0 Å². The van der Waals surface area contributed by atoms with Gasteiger partial charge in [0.25, 0.3) is 0 Å². The smallest absolute Gasteiger partial charge is 0.0911 e. The number of nitriles is 1. The maximum atomic E-state index is 9.25. The predicted molar refractivity (Wildman–Crippen MR) is 125 cm³/mol. The molecule has 0 saturated heterocycles. The van der Waals surface area contributed by atoms with E-state index in [4.69, 9.17) is 0 Å². The second-order valence-electron chi connectivity index (χ2n) is 8.27. The molecule has 0 bridgehead atoms. The van der Waals surface area contributed by atoms with Crippen LogP contribution >= 0.6 is 0 Å². The molecule has 0 aromatic heterocycles. The predicted octanol–water partition coefficient (Wildman–Crippen LogP) is 7.37. The number of hydrogen-bond donors (Lipinski definition) is 0. The molecular weight excluding hydrogens is 350 g/mol. The molecule has 1 heteroatoms. The largest absolute Gasteiger partial charge is 0.197 e. The van der Waals surface area contributed by atoms with Gasteiger partial charge in [0.05, 0.1) is 11.5 Å². The minimum absolute atomic E-state index is 0.102. The third kappa shape index (κ3) is 6.06. The van der Waals surface area contributed by atoms with Crippen molar-refractivity contribution in [2.45, 2.75) is 20.8 Å². The summed E-state index contributed by atoms with van der Waals surface area (Å²) in [5, 5.41) is 9.25. The molecule has 0 radical (unpaired) electrons. The van der Waals surface area contributed by atoms with E-state index in [2.05, 4.69) is 98.9 Å². The summed E-state index contributed by atoms with van der Waals surface area (Å²) in [5.41, 5.74) is 4.15. The highest BCUT2D eigenvalue weighted by molar-refractivity contribution is 5.61. The van der Waals surface area contributed by atoms with Crippen molar-refractivity contribution in [1.82, 2.24) is 0 Å². The van der Waals surface area contributed by atoms with E-state index < -0.39 is 5.41 Å². The van der Waals surface area contributed by atoms with Gasteiger partial charge in [0, 0.05) is 5.41 Å². The summed E-state index contributed by atoms with van der Waals surface area (Å²) < 4.78 is 0. The highest BCUT2D eigenvalue weighted by Gasteiger charge is 2.16. The molecule has 1 aromatic rings. The summed E-state index contributed by atoms with van der Waals surface area (Å²) in [6, 6.07) is 10.8. The zero-order valence-corrected chi connectivity index (χ0v) is 17.3. The third-order valence-electron chi connectivity index (χ3n) is 4.99. The minimum atomic E-state index is -0.534. The molecule has 0 spiro atoms. The molecule has 1 nitrogen and oxygen atoms in total. The molecule has 0 N–H and O–H groups in total. The fourth-order valence-electron chi connectivity index (χ4n) is 2.97. The fraction of sp³-hybridized carbons (Fsp3) is 0.179. The Hall–Kier alpha value is -3.37. The van der Waals surface area contributed by atoms with Crippen LogP contribution in [0.4, 0.5) is 0 Å². The average Bonchev–Trinajstić information content (AvgIpc) is 3.01. The van der Waals surface area contributed by atoms with Crippen LogP contribution in [0.15, 0.2) is 108 Å². The van der Waals surface area contributed by atoms with Crippen molar-refractivity contribution < 1.29 is 0 Å². The van der Waals surface area contributed by atoms with Gasteiger partial charge in [-0.25, -0.2) is 0 Å². The number of nitrogens with zero attached hydrogens (tertiary/aromatic N) is 1. The zero-order valence-electron chi connectivity index (χ0n) is 17.3. The molecule has 0 fully saturated rings. The summed E-state index contributed by atoms with van der Waals surface area (Å²) >= 11 is 0. The Balaban J connectivity index is 1.65. The average molecular weight is 378 g/mol. The molecule has 0 amide bonds. The fourth-order valence-corrected chi connectivity index (χ4v) is 2.97. The van der Waals surface area contributed by atoms with Crippen LogP contribution in [0.25, 0.3) is 12.2 Å². The standard InChI is InChI=1S/C28H27N/c1-27(2)18-4-6-23(16-20-27)8-10-25-12-14-26(15-13-25)11-9-24-7-5-19-28(3,22-29)21-17-24/h4-21H,1-3H3/b10-8+,11-9+. The molecule has 144 valence electrons. The summed E-state index contributed by atoms with van der Waals surface area (Å²) in [6.45, 7) is 6.31. The van der Waals surface area contributed by atoms with Crippen LogP contribution in [0.1, 0.15) is 31.9 Å². The van der Waals surface area contributed by atoms with E-state index in [9.17, 15) is 5.26 Å². The molecule has 0 heterocycles. The normalized spacial score (nSPS) is 23.0. The highest BCUT2D eigenvalue weighted by Crippen LogP contribution is 2.24. The first-order chi connectivity index (χ1) is 13.9.